The number of nitrogens with one attached hydrogen (secondary N) is 1. The summed E-state index contributed by atoms with van der Waals surface area (Å²) < 4.78 is 12.3. The van der Waals surface area contributed by atoms with E-state index in [2.05, 4.69) is 37.1 Å². The molecular weight excluding hydrogens is 492 g/mol. The number of hydrogen-bond acceptors (Lipinski definition) is 10. The van der Waals surface area contributed by atoms with E-state index in [1.165, 1.54) is 6.33 Å². The van der Waals surface area contributed by atoms with Crippen molar-refractivity contribution in [3.8, 4) is 17.5 Å². The lowest BCUT2D eigenvalue weighted by Crippen LogP contribution is -2.39. The zero-order chi connectivity index (χ0) is 25.8. The van der Waals surface area contributed by atoms with Crippen LogP contribution in [0.4, 0.5) is 10.7 Å². The summed E-state index contributed by atoms with van der Waals surface area (Å²) in [5, 5.41) is 1.87. The molecule has 3 aromatic rings. The highest BCUT2D eigenvalue weighted by molar-refractivity contribution is 8.18. The van der Waals surface area contributed by atoms with Crippen LogP contribution in [-0.4, -0.2) is 50.3 Å². The number of nitrogens with zero attached hydrogens (tertiary/aromatic N) is 5. The van der Waals surface area contributed by atoms with Gasteiger partial charge in [0.05, 0.1) is 10.5 Å². The zero-order valence-electron chi connectivity index (χ0n) is 20.5. The molecule has 2 aromatic heterocycles. The minimum atomic E-state index is -0.400. The molecule has 11 heteroatoms. The molecule has 10 nitrogen and oxygen atoms in total. The maximum atomic E-state index is 11.8. The second-order valence-electron chi connectivity index (χ2n) is 8.68. The number of thioether (sulfide) groups is 1. The van der Waals surface area contributed by atoms with E-state index in [9.17, 15) is 9.59 Å². The summed E-state index contributed by atoms with van der Waals surface area (Å²) in [6, 6.07) is 7.20. The van der Waals surface area contributed by atoms with Gasteiger partial charge in [-0.25, -0.2) is 19.9 Å². The lowest BCUT2D eigenvalue weighted by atomic mass is 10.1. The predicted molar refractivity (Wildman–Crippen MR) is 140 cm³/mol. The summed E-state index contributed by atoms with van der Waals surface area (Å²) in [4.78, 5) is 43.3. The predicted octanol–water partition coefficient (Wildman–Crippen LogP) is 4.30. The molecule has 0 radical (unpaired) electrons. The Bertz CT molecular complexity index is 1340. The third-order valence-corrected chi connectivity index (χ3v) is 6.92. The van der Waals surface area contributed by atoms with E-state index in [1.807, 2.05) is 31.5 Å². The molecule has 1 N–H and O–H groups in total. The van der Waals surface area contributed by atoms with Gasteiger partial charge in [0.25, 0.3) is 11.1 Å². The molecule has 2 aliphatic heterocycles. The number of benzene rings is 1. The summed E-state index contributed by atoms with van der Waals surface area (Å²) in [6.07, 6.45) is 9.42. The Kier molecular flexibility index (Phi) is 7.31. The highest BCUT2D eigenvalue weighted by Gasteiger charge is 2.25. The quantitative estimate of drug-likeness (QED) is 0.453. The molecule has 4 heterocycles. The first-order chi connectivity index (χ1) is 18.0. The Hall–Kier alpha value is -3.99. The van der Waals surface area contributed by atoms with Crippen molar-refractivity contribution in [2.75, 3.05) is 18.0 Å². The normalized spacial score (nSPS) is 17.2. The SMILES string of the molecule is CCc1cnc(N2CCC(Oc3ncnc(Oc4cccc(/C=C5/SC(=O)NC5=O)c4)c3C)CC2)nc1. The average Bonchev–Trinajstić information content (AvgIpc) is 3.23. The minimum Gasteiger partial charge on any atom is -0.474 e. The lowest BCUT2D eigenvalue weighted by Gasteiger charge is -2.32. The third kappa shape index (κ3) is 5.88. The summed E-state index contributed by atoms with van der Waals surface area (Å²) in [5.41, 5.74) is 2.55. The molecule has 0 unspecified atom stereocenters. The van der Waals surface area contributed by atoms with Crippen LogP contribution in [0.2, 0.25) is 0 Å². The van der Waals surface area contributed by atoms with Crippen molar-refractivity contribution < 1.29 is 19.1 Å². The van der Waals surface area contributed by atoms with Gasteiger partial charge in [-0.05, 0) is 54.4 Å². The number of carbonyl (C=O) groups is 2. The topological polar surface area (TPSA) is 119 Å². The molecule has 37 heavy (non-hydrogen) atoms. The fourth-order valence-corrected chi connectivity index (χ4v) is 4.70. The third-order valence-electron chi connectivity index (χ3n) is 6.11. The van der Waals surface area contributed by atoms with Gasteiger partial charge in [-0.1, -0.05) is 19.1 Å². The van der Waals surface area contributed by atoms with Crippen LogP contribution in [-0.2, 0) is 11.2 Å². The van der Waals surface area contributed by atoms with E-state index >= 15 is 0 Å². The van der Waals surface area contributed by atoms with Gasteiger partial charge < -0.3 is 14.4 Å². The molecular formula is C26H26N6O4S. The van der Waals surface area contributed by atoms with Gasteiger partial charge in [0.15, 0.2) is 0 Å². The van der Waals surface area contributed by atoms with E-state index < -0.39 is 5.91 Å². The van der Waals surface area contributed by atoms with Crippen LogP contribution in [0.25, 0.3) is 6.08 Å². The van der Waals surface area contributed by atoms with Gasteiger partial charge in [-0.2, -0.15) is 0 Å². The smallest absolute Gasteiger partial charge is 0.290 e. The maximum Gasteiger partial charge on any atom is 0.290 e. The van der Waals surface area contributed by atoms with Crippen molar-refractivity contribution in [3.63, 3.8) is 0 Å². The highest BCUT2D eigenvalue weighted by Crippen LogP contribution is 2.31. The largest absolute Gasteiger partial charge is 0.474 e. The monoisotopic (exact) mass is 518 g/mol. The van der Waals surface area contributed by atoms with Gasteiger partial charge in [0, 0.05) is 38.3 Å². The number of anilines is 1. The summed E-state index contributed by atoms with van der Waals surface area (Å²) >= 11 is 0.873. The molecule has 0 atom stereocenters. The number of aromatic nitrogens is 4. The number of ether oxygens (including phenoxy) is 2. The van der Waals surface area contributed by atoms with Crippen molar-refractivity contribution in [1.29, 1.82) is 0 Å². The van der Waals surface area contributed by atoms with Gasteiger partial charge in [-0.15, -0.1) is 0 Å². The Labute approximate surface area is 218 Å². The standard InChI is InChI=1S/C26H26N6O4S/c1-3-17-13-27-25(28-14-17)32-9-7-19(8-10-32)35-23-16(2)24(30-15-29-23)36-20-6-4-5-18(11-20)12-21-22(33)31-26(34)37-21/h4-6,11-15,19H,3,7-10H2,1-2H3,(H,31,33,34)/b21-12+. The number of amides is 2. The fourth-order valence-electron chi connectivity index (χ4n) is 4.02. The van der Waals surface area contributed by atoms with E-state index in [0.29, 0.717) is 28.0 Å². The van der Waals surface area contributed by atoms with Gasteiger partial charge >= 0.3 is 0 Å². The molecule has 2 saturated heterocycles. The summed E-state index contributed by atoms with van der Waals surface area (Å²) in [6.45, 7) is 5.55. The van der Waals surface area contributed by atoms with Crippen LogP contribution >= 0.6 is 11.8 Å². The van der Waals surface area contributed by atoms with Gasteiger partial charge in [0.1, 0.15) is 18.2 Å². The Morgan fingerprint density at radius 1 is 1.11 bits per heavy atom. The molecule has 190 valence electrons. The molecule has 5 rings (SSSR count). The first kappa shape index (κ1) is 24.7. The second-order valence-corrected chi connectivity index (χ2v) is 9.70. The second kappa shape index (κ2) is 11.0. The van der Waals surface area contributed by atoms with Crippen LogP contribution in [0.1, 0.15) is 36.5 Å². The first-order valence-corrected chi connectivity index (χ1v) is 12.9. The summed E-state index contributed by atoms with van der Waals surface area (Å²) in [5.74, 6) is 1.77. The number of piperidine rings is 1. The fraction of sp³-hybridized carbons (Fsp3) is 0.308. The van der Waals surface area contributed by atoms with Crippen LogP contribution in [0.5, 0.6) is 17.5 Å². The van der Waals surface area contributed by atoms with Gasteiger partial charge in [-0.3, -0.25) is 14.9 Å². The van der Waals surface area contributed by atoms with Crippen molar-refractivity contribution in [3.05, 3.63) is 64.6 Å². The van der Waals surface area contributed by atoms with E-state index in [0.717, 1.165) is 61.2 Å². The molecule has 0 bridgehead atoms. The van der Waals surface area contributed by atoms with Crippen molar-refractivity contribution in [1.82, 2.24) is 25.3 Å². The molecule has 2 fully saturated rings. The number of imide groups is 1. The van der Waals surface area contributed by atoms with Crippen molar-refractivity contribution in [2.45, 2.75) is 39.2 Å². The average molecular weight is 519 g/mol. The van der Waals surface area contributed by atoms with Crippen LogP contribution in [0.15, 0.2) is 47.9 Å². The van der Waals surface area contributed by atoms with Crippen LogP contribution in [0.3, 0.4) is 0 Å². The molecule has 0 aliphatic carbocycles. The molecule has 2 amide bonds. The van der Waals surface area contributed by atoms with Gasteiger partial charge in [0.2, 0.25) is 17.7 Å². The Morgan fingerprint density at radius 3 is 2.57 bits per heavy atom. The first-order valence-electron chi connectivity index (χ1n) is 12.1. The van der Waals surface area contributed by atoms with Crippen LogP contribution in [0, 0.1) is 6.92 Å². The zero-order valence-corrected chi connectivity index (χ0v) is 21.3. The minimum absolute atomic E-state index is 0.0142. The molecule has 0 saturated carbocycles. The molecule has 1 aromatic carbocycles. The van der Waals surface area contributed by atoms with E-state index in [-0.39, 0.29) is 11.3 Å². The Balaban J connectivity index is 1.22. The Morgan fingerprint density at radius 2 is 1.86 bits per heavy atom. The van der Waals surface area contributed by atoms with Crippen LogP contribution < -0.4 is 19.7 Å². The maximum absolute atomic E-state index is 11.8. The molecule has 0 spiro atoms. The number of aryl methyl sites for hydroxylation is 1. The highest BCUT2D eigenvalue weighted by atomic mass is 32.2. The van der Waals surface area contributed by atoms with Crippen molar-refractivity contribution >= 4 is 34.9 Å². The summed E-state index contributed by atoms with van der Waals surface area (Å²) in [7, 11) is 0. The number of carbonyl (C=O) groups excluding carboxylic acids is 2. The van der Waals surface area contributed by atoms with Crippen molar-refractivity contribution in [2.24, 2.45) is 0 Å². The lowest BCUT2D eigenvalue weighted by molar-refractivity contribution is -0.115. The number of rotatable bonds is 7. The van der Waals surface area contributed by atoms with E-state index in [1.54, 1.807) is 18.2 Å². The van der Waals surface area contributed by atoms with E-state index in [4.69, 9.17) is 9.47 Å². The molecule has 2 aliphatic rings. The number of hydrogen-bond donors (Lipinski definition) is 1.